The summed E-state index contributed by atoms with van der Waals surface area (Å²) in [5.41, 5.74) is -3.35. The number of hydrogen-bond acceptors (Lipinski definition) is 7. The molecule has 0 aromatic carbocycles. The van der Waals surface area contributed by atoms with Gasteiger partial charge in [0.1, 0.15) is 5.59 Å². The Hall–Kier alpha value is 2.10. The molecule has 0 saturated carbocycles. The maximum Gasteiger partial charge on any atom is 2.00 e. The number of hydrogen-bond donors (Lipinski definition) is 1. The first kappa shape index (κ1) is 19.6. The predicted molar refractivity (Wildman–Crippen MR) is 21.2 cm³/mol. The average Bonchev–Trinajstić information content (AvgIpc) is 1.59. The minimum absolute atomic E-state index is 0. The third kappa shape index (κ3) is 7.50. The minimum Gasteiger partial charge on any atom is -0.809 e. The van der Waals surface area contributed by atoms with Crippen molar-refractivity contribution in [3.8, 4) is 0 Å². The van der Waals surface area contributed by atoms with E-state index in [1.54, 1.807) is 0 Å². The standard InChI is InChI=1S/CH6O7P2.2Cd/c2-1(9(3,4)5)10(6,7)8;;/h1-2H,(H2,3,4,5)(H2,6,7,8);;/q;2*+2/p-4. The van der Waals surface area contributed by atoms with Crippen molar-refractivity contribution in [2.24, 2.45) is 0 Å². The van der Waals surface area contributed by atoms with Gasteiger partial charge in [0.2, 0.25) is 0 Å². The summed E-state index contributed by atoms with van der Waals surface area (Å²) >= 11 is 0. The van der Waals surface area contributed by atoms with Crippen molar-refractivity contribution in [3.05, 3.63) is 0 Å². The number of aliphatic hydroxyl groups excluding tert-OH is 1. The van der Waals surface area contributed by atoms with Crippen molar-refractivity contribution in [2.45, 2.75) is 5.59 Å². The average molecular weight is 413 g/mol. The molecule has 0 bridgehead atoms. The van der Waals surface area contributed by atoms with E-state index < -0.39 is 20.8 Å². The zero-order valence-electron chi connectivity index (χ0n) is 5.78. The minimum atomic E-state index is -5.71. The molecule has 11 heteroatoms. The Labute approximate surface area is 108 Å². The molecule has 1 N–H and O–H groups in total. The fraction of sp³-hybridized carbons (Fsp3) is 1.00. The molecule has 0 amide bonds. The molecule has 12 heavy (non-hydrogen) atoms. The molecule has 0 aliphatic rings. The van der Waals surface area contributed by atoms with Crippen LogP contribution in [0.15, 0.2) is 0 Å². The summed E-state index contributed by atoms with van der Waals surface area (Å²) in [6.45, 7) is 0. The first-order valence-electron chi connectivity index (χ1n) is 1.87. The van der Waals surface area contributed by atoms with Crippen molar-refractivity contribution < 1.29 is 88.4 Å². The molecule has 0 rings (SSSR count). The van der Waals surface area contributed by atoms with Gasteiger partial charge in [-0.1, -0.05) is 0 Å². The molecule has 0 radical (unpaired) electrons. The van der Waals surface area contributed by atoms with E-state index >= 15 is 0 Å². The van der Waals surface area contributed by atoms with Gasteiger partial charge in [-0.3, -0.25) is 0 Å². The van der Waals surface area contributed by atoms with Gasteiger partial charge in [0.15, 0.2) is 0 Å². The van der Waals surface area contributed by atoms with Crippen LogP contribution in [0.5, 0.6) is 0 Å². The van der Waals surface area contributed by atoms with Crippen LogP contribution in [0.2, 0.25) is 0 Å². The summed E-state index contributed by atoms with van der Waals surface area (Å²) in [5.74, 6) is 0. The maximum absolute atomic E-state index is 9.63. The van der Waals surface area contributed by atoms with Crippen LogP contribution in [0.25, 0.3) is 0 Å². The summed E-state index contributed by atoms with van der Waals surface area (Å²) in [4.78, 5) is 38.5. The van der Waals surface area contributed by atoms with Gasteiger partial charge in [-0.15, -0.1) is 0 Å². The van der Waals surface area contributed by atoms with Crippen LogP contribution in [0, 0.1) is 0 Å². The van der Waals surface area contributed by atoms with Gasteiger partial charge in [0, 0.05) is 0 Å². The summed E-state index contributed by atoms with van der Waals surface area (Å²) in [6.07, 6.45) is 0. The summed E-state index contributed by atoms with van der Waals surface area (Å²) in [5, 5.41) is 7.95. The molecule has 0 spiro atoms. The fourth-order valence-electron chi connectivity index (χ4n) is 0.173. The molecule has 0 saturated heterocycles. The molecule has 0 aromatic rings. The molecule has 0 aliphatic heterocycles. The van der Waals surface area contributed by atoms with Gasteiger partial charge >= 0.3 is 54.6 Å². The van der Waals surface area contributed by atoms with Gasteiger partial charge in [-0.25, -0.2) is 0 Å². The van der Waals surface area contributed by atoms with Gasteiger partial charge in [0.05, 0.1) is 0 Å². The van der Waals surface area contributed by atoms with E-state index in [4.69, 9.17) is 5.11 Å². The Morgan fingerprint density at radius 2 is 1.08 bits per heavy atom. The van der Waals surface area contributed by atoms with Crippen LogP contribution in [-0.2, 0) is 63.7 Å². The van der Waals surface area contributed by atoms with E-state index in [-0.39, 0.29) is 54.6 Å². The molecule has 0 atom stereocenters. The second-order valence-corrected chi connectivity index (χ2v) is 4.97. The molecule has 0 fully saturated rings. The Kier molecular flexibility index (Phi) is 10.7. The normalized spacial score (nSPS) is 11.8. The van der Waals surface area contributed by atoms with Crippen molar-refractivity contribution in [1.82, 2.24) is 0 Å². The second-order valence-electron chi connectivity index (χ2n) is 1.43. The van der Waals surface area contributed by atoms with E-state index in [2.05, 4.69) is 0 Å². The van der Waals surface area contributed by atoms with E-state index in [0.29, 0.717) is 0 Å². The Morgan fingerprint density at radius 1 is 0.917 bits per heavy atom. The SMILES string of the molecule is O=P([O-])([O-])C(O)P(=O)([O-])[O-].[Cd+2].[Cd+2]. The molecular formula is CH2Cd2O7P2. The molecule has 0 aromatic heterocycles. The number of aliphatic hydroxyl groups is 1. The fourth-order valence-corrected chi connectivity index (χ4v) is 1.56. The van der Waals surface area contributed by atoms with E-state index in [1.165, 1.54) is 0 Å². The van der Waals surface area contributed by atoms with Crippen molar-refractivity contribution in [1.29, 1.82) is 0 Å². The largest absolute Gasteiger partial charge is 2.00 e. The monoisotopic (exact) mass is 416 g/mol. The number of rotatable bonds is 2. The molecule has 0 unspecified atom stereocenters. The molecule has 7 nitrogen and oxygen atoms in total. The zero-order chi connectivity index (χ0) is 8.58. The van der Waals surface area contributed by atoms with Crippen LogP contribution in [0.3, 0.4) is 0 Å². The second kappa shape index (κ2) is 6.56. The third-order valence-electron chi connectivity index (χ3n) is 0.566. The summed E-state index contributed by atoms with van der Waals surface area (Å²) in [7, 11) is -11.4. The molecule has 0 heterocycles. The smallest absolute Gasteiger partial charge is 0.809 e. The van der Waals surface area contributed by atoms with Crippen LogP contribution in [0.1, 0.15) is 0 Å². The third-order valence-corrected chi connectivity index (χ3v) is 3.39. The van der Waals surface area contributed by atoms with Gasteiger partial charge < -0.3 is 33.8 Å². The van der Waals surface area contributed by atoms with Crippen molar-refractivity contribution in [3.63, 3.8) is 0 Å². The predicted octanol–water partition coefficient (Wildman–Crippen LogP) is -3.92. The first-order chi connectivity index (χ1) is 4.15. The topological polar surface area (TPSA) is 147 Å². The maximum atomic E-state index is 9.63. The van der Waals surface area contributed by atoms with E-state index in [9.17, 15) is 28.7 Å². The summed E-state index contributed by atoms with van der Waals surface area (Å²) in [6, 6.07) is 0. The Bertz CT molecular complexity index is 181. The van der Waals surface area contributed by atoms with Crippen LogP contribution >= 0.6 is 15.2 Å². The zero-order valence-corrected chi connectivity index (χ0v) is 15.6. The first-order valence-corrected chi connectivity index (χ1v) is 5.09. The van der Waals surface area contributed by atoms with E-state index in [1.807, 2.05) is 0 Å². The Morgan fingerprint density at radius 3 is 1.08 bits per heavy atom. The summed E-state index contributed by atoms with van der Waals surface area (Å²) < 4.78 is 19.3. The quantitative estimate of drug-likeness (QED) is 0.360. The molecular weight excluding hydrogens is 411 g/mol. The molecule has 0 aliphatic carbocycles. The van der Waals surface area contributed by atoms with Gasteiger partial charge in [-0.05, 0) is 15.2 Å². The van der Waals surface area contributed by atoms with Crippen LogP contribution < -0.4 is 19.6 Å². The van der Waals surface area contributed by atoms with Crippen LogP contribution in [0.4, 0.5) is 0 Å². The van der Waals surface area contributed by atoms with Gasteiger partial charge in [0.25, 0.3) is 0 Å². The van der Waals surface area contributed by atoms with Crippen LogP contribution in [-0.4, -0.2) is 10.7 Å². The van der Waals surface area contributed by atoms with Gasteiger partial charge in [-0.2, -0.15) is 0 Å². The molecule has 62 valence electrons. The van der Waals surface area contributed by atoms with Crippen molar-refractivity contribution >= 4 is 15.2 Å². The van der Waals surface area contributed by atoms with Crippen molar-refractivity contribution in [2.75, 3.05) is 0 Å². The van der Waals surface area contributed by atoms with E-state index in [0.717, 1.165) is 0 Å². The Balaban J connectivity index is -0.000000405.